The van der Waals surface area contributed by atoms with E-state index >= 15 is 0 Å². The van der Waals surface area contributed by atoms with Gasteiger partial charge in [0.2, 0.25) is 5.91 Å². The van der Waals surface area contributed by atoms with Crippen molar-refractivity contribution in [1.29, 1.82) is 0 Å². The average molecular weight is 256 g/mol. The van der Waals surface area contributed by atoms with E-state index in [1.807, 2.05) is 4.90 Å². The molecule has 0 aromatic heterocycles. The van der Waals surface area contributed by atoms with Crippen molar-refractivity contribution in [2.75, 3.05) is 19.6 Å². The highest BCUT2D eigenvalue weighted by Crippen LogP contribution is 2.26. The minimum Gasteiger partial charge on any atom is -0.481 e. The molecule has 1 rings (SSSR count). The van der Waals surface area contributed by atoms with Gasteiger partial charge in [0.1, 0.15) is 0 Å². The van der Waals surface area contributed by atoms with Crippen molar-refractivity contribution in [2.24, 2.45) is 5.92 Å². The van der Waals surface area contributed by atoms with Crippen molar-refractivity contribution in [3.63, 3.8) is 0 Å². The Morgan fingerprint density at radius 2 is 2.06 bits per heavy atom. The maximum atomic E-state index is 11.7. The van der Waals surface area contributed by atoms with E-state index in [0.29, 0.717) is 31.6 Å². The van der Waals surface area contributed by atoms with E-state index in [1.54, 1.807) is 0 Å². The van der Waals surface area contributed by atoms with Gasteiger partial charge in [-0.15, -0.1) is 0 Å². The quantitative estimate of drug-likeness (QED) is 0.648. The Kier molecular flexibility index (Phi) is 6.12. The monoisotopic (exact) mass is 256 g/mol. The van der Waals surface area contributed by atoms with Crippen LogP contribution in [-0.2, 0) is 9.59 Å². The van der Waals surface area contributed by atoms with Crippen molar-refractivity contribution in [1.82, 2.24) is 10.2 Å². The highest BCUT2D eigenvalue weighted by Gasteiger charge is 2.30. The molecule has 1 saturated carbocycles. The molecule has 5 nitrogen and oxygen atoms in total. The molecule has 104 valence electrons. The van der Waals surface area contributed by atoms with Crippen LogP contribution in [0.5, 0.6) is 0 Å². The summed E-state index contributed by atoms with van der Waals surface area (Å²) in [5, 5.41) is 11.6. The Morgan fingerprint density at radius 3 is 2.56 bits per heavy atom. The van der Waals surface area contributed by atoms with Crippen LogP contribution in [0.4, 0.5) is 0 Å². The maximum Gasteiger partial charge on any atom is 0.304 e. The SMILES string of the molecule is CC(C)CCNC(=O)CN(CCC(=O)O)C1CC1. The van der Waals surface area contributed by atoms with E-state index in [4.69, 9.17) is 5.11 Å². The zero-order valence-corrected chi connectivity index (χ0v) is 11.3. The summed E-state index contributed by atoms with van der Waals surface area (Å²) < 4.78 is 0. The van der Waals surface area contributed by atoms with Gasteiger partial charge in [0.25, 0.3) is 0 Å². The molecule has 18 heavy (non-hydrogen) atoms. The van der Waals surface area contributed by atoms with Crippen molar-refractivity contribution < 1.29 is 14.7 Å². The summed E-state index contributed by atoms with van der Waals surface area (Å²) in [5.41, 5.74) is 0. The van der Waals surface area contributed by atoms with Gasteiger partial charge in [-0.05, 0) is 25.2 Å². The smallest absolute Gasteiger partial charge is 0.304 e. The minimum atomic E-state index is -0.805. The summed E-state index contributed by atoms with van der Waals surface area (Å²) in [7, 11) is 0. The largest absolute Gasteiger partial charge is 0.481 e. The van der Waals surface area contributed by atoms with Crippen molar-refractivity contribution in [2.45, 2.75) is 45.6 Å². The van der Waals surface area contributed by atoms with E-state index < -0.39 is 5.97 Å². The van der Waals surface area contributed by atoms with Crippen LogP contribution in [0.3, 0.4) is 0 Å². The lowest BCUT2D eigenvalue weighted by Gasteiger charge is -2.20. The van der Waals surface area contributed by atoms with Gasteiger partial charge >= 0.3 is 5.97 Å². The highest BCUT2D eigenvalue weighted by molar-refractivity contribution is 5.78. The van der Waals surface area contributed by atoms with Crippen LogP contribution in [0, 0.1) is 5.92 Å². The molecule has 1 aliphatic carbocycles. The molecule has 1 aliphatic rings. The fourth-order valence-corrected chi connectivity index (χ4v) is 1.81. The second-order valence-corrected chi connectivity index (χ2v) is 5.38. The summed E-state index contributed by atoms with van der Waals surface area (Å²) >= 11 is 0. The third kappa shape index (κ3) is 6.59. The second-order valence-electron chi connectivity index (χ2n) is 5.38. The van der Waals surface area contributed by atoms with Crippen LogP contribution in [0.2, 0.25) is 0 Å². The topological polar surface area (TPSA) is 69.6 Å². The number of nitrogens with zero attached hydrogens (tertiary/aromatic N) is 1. The number of hydrogen-bond acceptors (Lipinski definition) is 3. The number of amides is 1. The van der Waals surface area contributed by atoms with E-state index in [-0.39, 0.29) is 12.3 Å². The zero-order chi connectivity index (χ0) is 13.5. The molecule has 5 heteroatoms. The number of carboxylic acids is 1. The molecule has 0 aromatic carbocycles. The Morgan fingerprint density at radius 1 is 1.39 bits per heavy atom. The van der Waals surface area contributed by atoms with E-state index in [9.17, 15) is 9.59 Å². The summed E-state index contributed by atoms with van der Waals surface area (Å²) in [6, 6.07) is 0.417. The first-order chi connectivity index (χ1) is 8.49. The molecule has 0 saturated heterocycles. The molecule has 0 heterocycles. The molecule has 2 N–H and O–H groups in total. The minimum absolute atomic E-state index is 0.00735. The van der Waals surface area contributed by atoms with Crippen LogP contribution in [0.1, 0.15) is 39.5 Å². The summed E-state index contributed by atoms with van der Waals surface area (Å²) in [6.45, 7) is 5.74. The molecule has 1 amide bonds. The Balaban J connectivity index is 2.23. The van der Waals surface area contributed by atoms with Gasteiger partial charge in [-0.1, -0.05) is 13.8 Å². The summed E-state index contributed by atoms with van der Waals surface area (Å²) in [4.78, 5) is 24.2. The third-order valence-electron chi connectivity index (χ3n) is 3.07. The van der Waals surface area contributed by atoms with Crippen molar-refractivity contribution in [3.05, 3.63) is 0 Å². The molecule has 0 radical (unpaired) electrons. The number of carbonyl (C=O) groups is 2. The van der Waals surface area contributed by atoms with Gasteiger partial charge in [0.15, 0.2) is 0 Å². The Hall–Kier alpha value is -1.10. The molecule has 0 spiro atoms. The van der Waals surface area contributed by atoms with Gasteiger partial charge < -0.3 is 10.4 Å². The normalized spacial score (nSPS) is 15.1. The number of aliphatic carboxylic acids is 1. The first-order valence-electron chi connectivity index (χ1n) is 6.71. The van der Waals surface area contributed by atoms with Crippen LogP contribution in [0.15, 0.2) is 0 Å². The molecule has 0 unspecified atom stereocenters. The van der Waals surface area contributed by atoms with E-state index in [1.165, 1.54) is 0 Å². The highest BCUT2D eigenvalue weighted by atomic mass is 16.4. The predicted octanol–water partition coefficient (Wildman–Crippen LogP) is 1.09. The van der Waals surface area contributed by atoms with Crippen molar-refractivity contribution in [3.8, 4) is 0 Å². The van der Waals surface area contributed by atoms with Gasteiger partial charge in [-0.2, -0.15) is 0 Å². The van der Waals surface area contributed by atoms with Crippen LogP contribution in [-0.4, -0.2) is 47.6 Å². The Bertz CT molecular complexity index is 288. The van der Waals surface area contributed by atoms with Crippen molar-refractivity contribution >= 4 is 11.9 Å². The standard InChI is InChI=1S/C13H24N2O3/c1-10(2)5-7-14-12(16)9-15(11-3-4-11)8-6-13(17)18/h10-11H,3-9H2,1-2H3,(H,14,16)(H,17,18). The van der Waals surface area contributed by atoms with E-state index in [2.05, 4.69) is 19.2 Å². The van der Waals surface area contributed by atoms with E-state index in [0.717, 1.165) is 19.3 Å². The lowest BCUT2D eigenvalue weighted by Crippen LogP contribution is -2.40. The molecular formula is C13H24N2O3. The number of carbonyl (C=O) groups excluding carboxylic acids is 1. The van der Waals surface area contributed by atoms with Gasteiger partial charge in [0, 0.05) is 19.1 Å². The second kappa shape index (κ2) is 7.36. The van der Waals surface area contributed by atoms with Crippen LogP contribution < -0.4 is 5.32 Å². The average Bonchev–Trinajstić information content (AvgIpc) is 3.07. The Labute approximate surface area is 109 Å². The lowest BCUT2D eigenvalue weighted by molar-refractivity contribution is -0.137. The molecular weight excluding hydrogens is 232 g/mol. The third-order valence-corrected chi connectivity index (χ3v) is 3.07. The van der Waals surface area contributed by atoms with Gasteiger partial charge in [0.05, 0.1) is 13.0 Å². The molecule has 0 aromatic rings. The molecule has 0 bridgehead atoms. The predicted molar refractivity (Wildman–Crippen MR) is 69.3 cm³/mol. The number of rotatable bonds is 9. The molecule has 0 atom stereocenters. The summed E-state index contributed by atoms with van der Waals surface area (Å²) in [6.07, 6.45) is 3.25. The molecule has 1 fully saturated rings. The maximum absolute atomic E-state index is 11.7. The fraction of sp³-hybridized carbons (Fsp3) is 0.846. The summed E-state index contributed by atoms with van der Waals surface area (Å²) in [5.74, 6) is -0.217. The first-order valence-corrected chi connectivity index (χ1v) is 6.71. The number of nitrogens with one attached hydrogen (secondary N) is 1. The van der Waals surface area contributed by atoms with Gasteiger partial charge in [-0.3, -0.25) is 14.5 Å². The fourth-order valence-electron chi connectivity index (χ4n) is 1.81. The van der Waals surface area contributed by atoms with Crippen LogP contribution in [0.25, 0.3) is 0 Å². The number of carboxylic acid groups (broad SMARTS) is 1. The first kappa shape index (κ1) is 15.0. The molecule has 0 aliphatic heterocycles. The number of hydrogen-bond donors (Lipinski definition) is 2. The lowest BCUT2D eigenvalue weighted by atomic mass is 10.1. The zero-order valence-electron chi connectivity index (χ0n) is 11.3. The van der Waals surface area contributed by atoms with Gasteiger partial charge in [-0.25, -0.2) is 0 Å². The van der Waals surface area contributed by atoms with Crippen LogP contribution >= 0.6 is 0 Å².